The van der Waals surface area contributed by atoms with E-state index in [2.05, 4.69) is 10.3 Å². The smallest absolute Gasteiger partial charge is 0.251 e. The normalized spacial score (nSPS) is 11.8. The Morgan fingerprint density at radius 2 is 2.22 bits per heavy atom. The molecule has 0 radical (unpaired) electrons. The van der Waals surface area contributed by atoms with Gasteiger partial charge < -0.3 is 15.2 Å². The van der Waals surface area contributed by atoms with Crippen LogP contribution in [-0.2, 0) is 6.42 Å². The number of hydrogen-bond acceptors (Lipinski definition) is 4. The van der Waals surface area contributed by atoms with Gasteiger partial charge in [-0.2, -0.15) is 0 Å². The highest BCUT2D eigenvalue weighted by Crippen LogP contribution is 2.24. The van der Waals surface area contributed by atoms with Gasteiger partial charge in [0, 0.05) is 36.5 Å². The van der Waals surface area contributed by atoms with Crippen LogP contribution in [0.5, 0.6) is 5.75 Å². The summed E-state index contributed by atoms with van der Waals surface area (Å²) in [5.74, 6) is 0.119. The molecule has 122 valence electrons. The zero-order valence-corrected chi connectivity index (χ0v) is 13.6. The molecule has 0 spiro atoms. The summed E-state index contributed by atoms with van der Waals surface area (Å²) in [5, 5.41) is 12.7. The number of rotatable bonds is 7. The number of ether oxygens (including phenoxy) is 1. The molecule has 1 atom stereocenters. The van der Waals surface area contributed by atoms with Gasteiger partial charge >= 0.3 is 0 Å². The van der Waals surface area contributed by atoms with Gasteiger partial charge in [-0.1, -0.05) is 17.7 Å². The van der Waals surface area contributed by atoms with Crippen LogP contribution in [0.4, 0.5) is 0 Å². The molecule has 0 aliphatic carbocycles. The van der Waals surface area contributed by atoms with Gasteiger partial charge in [0.25, 0.3) is 5.91 Å². The highest BCUT2D eigenvalue weighted by Gasteiger charge is 2.13. The van der Waals surface area contributed by atoms with Crippen LogP contribution in [0.1, 0.15) is 16.1 Å². The molecule has 1 unspecified atom stereocenters. The summed E-state index contributed by atoms with van der Waals surface area (Å²) in [5.41, 5.74) is 1.34. The third kappa shape index (κ3) is 4.94. The van der Waals surface area contributed by atoms with Crippen LogP contribution in [0, 0.1) is 5.92 Å². The van der Waals surface area contributed by atoms with Crippen molar-refractivity contribution >= 4 is 17.5 Å². The van der Waals surface area contributed by atoms with E-state index < -0.39 is 0 Å². The van der Waals surface area contributed by atoms with E-state index in [9.17, 15) is 9.90 Å². The zero-order chi connectivity index (χ0) is 16.7. The lowest BCUT2D eigenvalue weighted by Crippen LogP contribution is -2.32. The number of nitrogens with zero attached hydrogens (tertiary/aromatic N) is 1. The van der Waals surface area contributed by atoms with E-state index in [0.29, 0.717) is 29.3 Å². The van der Waals surface area contributed by atoms with Gasteiger partial charge in [-0.05, 0) is 36.8 Å². The first-order chi connectivity index (χ1) is 11.1. The molecular formula is C17H19ClN2O3. The number of carbonyl (C=O) groups excluding carboxylic acids is 1. The molecule has 1 amide bonds. The van der Waals surface area contributed by atoms with Crippen molar-refractivity contribution in [3.8, 4) is 5.75 Å². The van der Waals surface area contributed by atoms with E-state index in [1.165, 1.54) is 7.11 Å². The first kappa shape index (κ1) is 17.2. The summed E-state index contributed by atoms with van der Waals surface area (Å²) >= 11 is 5.94. The van der Waals surface area contributed by atoms with Crippen LogP contribution in [0.25, 0.3) is 0 Å². The molecule has 6 heteroatoms. The molecule has 23 heavy (non-hydrogen) atoms. The predicted octanol–water partition coefficient (Wildman–Crippen LogP) is 2.32. The minimum atomic E-state index is -0.237. The highest BCUT2D eigenvalue weighted by atomic mass is 35.5. The van der Waals surface area contributed by atoms with Crippen molar-refractivity contribution in [1.29, 1.82) is 0 Å². The Kier molecular flexibility index (Phi) is 6.38. The summed E-state index contributed by atoms with van der Waals surface area (Å²) < 4.78 is 5.10. The average Bonchev–Trinajstić information content (AvgIpc) is 2.59. The Hall–Kier alpha value is -2.11. The SMILES string of the molecule is COc1cc(C(=O)NCC(CO)Cc2ccccn2)ccc1Cl. The lowest BCUT2D eigenvalue weighted by Gasteiger charge is -2.15. The van der Waals surface area contributed by atoms with Crippen molar-refractivity contribution in [1.82, 2.24) is 10.3 Å². The summed E-state index contributed by atoms with van der Waals surface area (Å²) in [6, 6.07) is 10.5. The molecular weight excluding hydrogens is 316 g/mol. The van der Waals surface area contributed by atoms with Crippen LogP contribution < -0.4 is 10.1 Å². The third-order valence-electron chi connectivity index (χ3n) is 3.45. The Morgan fingerprint density at radius 1 is 1.39 bits per heavy atom. The van der Waals surface area contributed by atoms with Crippen LogP contribution in [0.3, 0.4) is 0 Å². The van der Waals surface area contributed by atoms with E-state index in [1.807, 2.05) is 18.2 Å². The van der Waals surface area contributed by atoms with Crippen molar-refractivity contribution in [2.24, 2.45) is 5.92 Å². The van der Waals surface area contributed by atoms with Crippen LogP contribution >= 0.6 is 11.6 Å². The molecule has 1 aromatic carbocycles. The standard InChI is InChI=1S/C17H19ClN2O3/c1-23-16-9-13(5-6-15(16)18)17(22)20-10-12(11-21)8-14-4-2-3-7-19-14/h2-7,9,12,21H,8,10-11H2,1H3,(H,20,22). The minimum absolute atomic E-state index is 0.0270. The number of aliphatic hydroxyl groups is 1. The van der Waals surface area contributed by atoms with Crippen molar-refractivity contribution < 1.29 is 14.6 Å². The van der Waals surface area contributed by atoms with Gasteiger partial charge in [-0.3, -0.25) is 9.78 Å². The monoisotopic (exact) mass is 334 g/mol. The molecule has 0 aliphatic rings. The number of aliphatic hydroxyl groups excluding tert-OH is 1. The van der Waals surface area contributed by atoms with E-state index in [4.69, 9.17) is 16.3 Å². The first-order valence-electron chi connectivity index (χ1n) is 7.26. The van der Waals surface area contributed by atoms with Gasteiger partial charge in [0.15, 0.2) is 0 Å². The quantitative estimate of drug-likeness (QED) is 0.815. The number of benzene rings is 1. The maximum absolute atomic E-state index is 12.2. The second kappa shape index (κ2) is 8.50. The molecule has 5 nitrogen and oxygen atoms in total. The maximum atomic E-state index is 12.2. The molecule has 0 aliphatic heterocycles. The summed E-state index contributed by atoms with van der Waals surface area (Å²) in [4.78, 5) is 16.4. The topological polar surface area (TPSA) is 71.5 Å². The fraction of sp³-hybridized carbons (Fsp3) is 0.294. The third-order valence-corrected chi connectivity index (χ3v) is 3.76. The predicted molar refractivity (Wildman–Crippen MR) is 88.9 cm³/mol. The van der Waals surface area contributed by atoms with Crippen molar-refractivity contribution in [2.75, 3.05) is 20.3 Å². The molecule has 2 rings (SSSR count). The number of aromatic nitrogens is 1. The van der Waals surface area contributed by atoms with E-state index in [1.54, 1.807) is 24.4 Å². The fourth-order valence-corrected chi connectivity index (χ4v) is 2.35. The van der Waals surface area contributed by atoms with Crippen LogP contribution in [0.2, 0.25) is 5.02 Å². The Bertz CT molecular complexity index is 650. The first-order valence-corrected chi connectivity index (χ1v) is 7.64. The maximum Gasteiger partial charge on any atom is 0.251 e. The number of pyridine rings is 1. The summed E-state index contributed by atoms with van der Waals surface area (Å²) in [6.07, 6.45) is 2.31. The Morgan fingerprint density at radius 3 is 2.87 bits per heavy atom. The van der Waals surface area contributed by atoms with E-state index in [-0.39, 0.29) is 18.4 Å². The number of methoxy groups -OCH3 is 1. The van der Waals surface area contributed by atoms with Gasteiger partial charge in [-0.25, -0.2) is 0 Å². The number of nitrogens with one attached hydrogen (secondary N) is 1. The lowest BCUT2D eigenvalue weighted by atomic mass is 10.0. The Labute approximate surface area is 140 Å². The van der Waals surface area contributed by atoms with Gasteiger partial charge in [0.2, 0.25) is 0 Å². The minimum Gasteiger partial charge on any atom is -0.495 e. The largest absolute Gasteiger partial charge is 0.495 e. The molecule has 0 fully saturated rings. The lowest BCUT2D eigenvalue weighted by molar-refractivity contribution is 0.0939. The van der Waals surface area contributed by atoms with Crippen molar-refractivity contribution in [3.05, 3.63) is 58.9 Å². The summed E-state index contributed by atoms with van der Waals surface area (Å²) in [6.45, 7) is 0.331. The van der Waals surface area contributed by atoms with Crippen LogP contribution in [-0.4, -0.2) is 36.3 Å². The van der Waals surface area contributed by atoms with E-state index in [0.717, 1.165) is 5.69 Å². The molecule has 0 saturated carbocycles. The number of hydrogen-bond donors (Lipinski definition) is 2. The fourth-order valence-electron chi connectivity index (χ4n) is 2.16. The molecule has 0 saturated heterocycles. The molecule has 2 aromatic rings. The number of carbonyl (C=O) groups is 1. The highest BCUT2D eigenvalue weighted by molar-refractivity contribution is 6.32. The zero-order valence-electron chi connectivity index (χ0n) is 12.8. The molecule has 1 aromatic heterocycles. The number of halogens is 1. The van der Waals surface area contributed by atoms with E-state index >= 15 is 0 Å². The average molecular weight is 335 g/mol. The second-order valence-electron chi connectivity index (χ2n) is 5.13. The summed E-state index contributed by atoms with van der Waals surface area (Å²) in [7, 11) is 1.50. The van der Waals surface area contributed by atoms with Gasteiger partial charge in [0.05, 0.1) is 12.1 Å². The van der Waals surface area contributed by atoms with Crippen molar-refractivity contribution in [3.63, 3.8) is 0 Å². The van der Waals surface area contributed by atoms with Gasteiger partial charge in [-0.15, -0.1) is 0 Å². The van der Waals surface area contributed by atoms with Gasteiger partial charge in [0.1, 0.15) is 5.75 Å². The molecule has 0 bridgehead atoms. The Balaban J connectivity index is 1.94. The van der Waals surface area contributed by atoms with Crippen LogP contribution in [0.15, 0.2) is 42.6 Å². The molecule has 1 heterocycles. The second-order valence-corrected chi connectivity index (χ2v) is 5.54. The number of amides is 1. The molecule has 2 N–H and O–H groups in total. The van der Waals surface area contributed by atoms with Crippen molar-refractivity contribution in [2.45, 2.75) is 6.42 Å².